The summed E-state index contributed by atoms with van der Waals surface area (Å²) in [5.41, 5.74) is -7.71. The summed E-state index contributed by atoms with van der Waals surface area (Å²) in [6.07, 6.45) is 7.84. The van der Waals surface area contributed by atoms with Gasteiger partial charge in [0.15, 0.2) is 23.4 Å². The fraction of sp³-hybridized carbons (Fsp3) is 0.855. The molecule has 0 aromatic heterocycles. The molecule has 6 heterocycles. The number of methoxy groups -OCH3 is 1. The van der Waals surface area contributed by atoms with Gasteiger partial charge in [0.25, 0.3) is 0 Å². The minimum absolute atomic E-state index is 0.00231. The molecule has 0 N–H and O–H groups in total. The van der Waals surface area contributed by atoms with E-state index in [0.717, 1.165) is 38.5 Å². The van der Waals surface area contributed by atoms with Gasteiger partial charge in [-0.2, -0.15) is 0 Å². The highest BCUT2D eigenvalue weighted by atomic mass is 16.6. The van der Waals surface area contributed by atoms with E-state index in [4.69, 9.17) is 52.1 Å². The first-order chi connectivity index (χ1) is 40.7. The maximum absolute atomic E-state index is 12.1. The Morgan fingerprint density at radius 2 is 0.867 bits per heavy atom. The van der Waals surface area contributed by atoms with E-state index in [2.05, 4.69) is 27.7 Å². The maximum Gasteiger partial charge on any atom is 0.351 e. The Morgan fingerprint density at radius 3 is 1.18 bits per heavy atom. The highest BCUT2D eigenvalue weighted by molar-refractivity contribution is 5.87. The van der Waals surface area contributed by atoms with Crippen molar-refractivity contribution in [2.24, 2.45) is 32.5 Å². The van der Waals surface area contributed by atoms with Crippen molar-refractivity contribution in [1.82, 2.24) is 0 Å². The molecule has 6 saturated heterocycles. The van der Waals surface area contributed by atoms with Crippen LogP contribution < -0.4 is 0 Å². The predicted octanol–water partition coefficient (Wildman–Crippen LogP) is 12.9. The highest BCUT2D eigenvalue weighted by Gasteiger charge is 2.57. The summed E-state index contributed by atoms with van der Waals surface area (Å²) < 4.78 is 57.7. The van der Waals surface area contributed by atoms with Crippen molar-refractivity contribution in [2.45, 2.75) is 328 Å². The molecular weight excluding hydrogens is 1160 g/mol. The number of hydrogen-bond acceptors (Lipinski definition) is 21. The van der Waals surface area contributed by atoms with Crippen LogP contribution in [0, 0.1) is 32.5 Å². The number of carbonyl (C=O) groups is 10. The summed E-state index contributed by atoms with van der Waals surface area (Å²) in [6, 6.07) is 0. The third-order valence-electron chi connectivity index (χ3n) is 19.4. The second-order valence-corrected chi connectivity index (χ2v) is 30.4. The Morgan fingerprint density at radius 1 is 0.467 bits per heavy atom. The molecule has 21 nitrogen and oxygen atoms in total. The van der Waals surface area contributed by atoms with E-state index in [-0.39, 0.29) is 96.0 Å². The zero-order valence-electron chi connectivity index (χ0n) is 60.5. The molecule has 5 atom stereocenters. The molecule has 0 aliphatic carbocycles. The smallest absolute Gasteiger partial charge is 0.351 e. The third-order valence-corrected chi connectivity index (χ3v) is 19.4. The van der Waals surface area contributed by atoms with Crippen LogP contribution in [0.4, 0.5) is 0 Å². The summed E-state index contributed by atoms with van der Waals surface area (Å²) in [5, 5.41) is 0. The van der Waals surface area contributed by atoms with Crippen LogP contribution in [-0.2, 0) is 100 Å². The van der Waals surface area contributed by atoms with Crippen LogP contribution in [0.5, 0.6) is 0 Å². The van der Waals surface area contributed by atoms with Gasteiger partial charge in [0.2, 0.25) is 5.60 Å². The molecule has 0 radical (unpaired) electrons. The first-order valence-electron chi connectivity index (χ1n) is 32.4. The maximum atomic E-state index is 12.1. The van der Waals surface area contributed by atoms with Crippen molar-refractivity contribution >= 4 is 59.7 Å². The van der Waals surface area contributed by atoms with Crippen LogP contribution in [0.3, 0.4) is 0 Å². The molecule has 6 rings (SSSR count). The van der Waals surface area contributed by atoms with Crippen molar-refractivity contribution in [3.8, 4) is 0 Å². The standard InChI is InChI=1S/C13H22O5.2C13H22O4.C12H20O4.C10H18O2.C8H14O2/c1-6-12(2,3)11(15)17-9-7-10(14)18-13(9,4)8-16-5;1-7-11(2,3)9(14)17-13(6)8-12(4,5)16-10(13)15;1-7-11(2,3)10(15)17-13(6)8-9(14)16-12(13,4)5;1-6-11(2,3)10(14)15-8-7-9(13)16-12(8,4)5;1-5-10(6-2)7-9(3,4)12-8(10)11;1-3-8(4-2)5-6-10-7(8)9/h9H,6-8H2,1-5H3;2*7-8H2,1-6H3;8H,6-7H2,1-5H3;5-7H2,1-4H3;3-6H2,1-2H3. The number of hydrogen-bond donors (Lipinski definition) is 0. The van der Waals surface area contributed by atoms with E-state index in [1.54, 1.807) is 48.5 Å². The summed E-state index contributed by atoms with van der Waals surface area (Å²) in [4.78, 5) is 116. The van der Waals surface area contributed by atoms with E-state index in [1.165, 1.54) is 7.11 Å². The molecule has 6 aliphatic heterocycles. The van der Waals surface area contributed by atoms with Crippen molar-refractivity contribution < 1.29 is 100 Å². The average Bonchev–Trinajstić information content (AvgIpc) is 1.76. The van der Waals surface area contributed by atoms with Crippen LogP contribution in [-0.4, -0.2) is 131 Å². The SMILES string of the molecule is CCC(C)(C)C(=O)OC1(C)CC(=O)OC1(C)C.CCC(C)(C)C(=O)OC1(C)CC(C)(C)OC1=O.CCC(C)(C)C(=O)OC1CC(=O)OC1(C)C.CCC(C)(C)C(=O)OC1CC(=O)OC1(C)COC.CCC1(CC)CC(C)(C)OC1=O.CCC1(CC)CCOC1=O. The average molecular weight is 1280 g/mol. The van der Waals surface area contributed by atoms with Crippen LogP contribution in [0.15, 0.2) is 0 Å². The molecule has 0 amide bonds. The normalized spacial score (nSPS) is 26.3. The van der Waals surface area contributed by atoms with E-state index >= 15 is 0 Å². The first kappa shape index (κ1) is 82.7. The summed E-state index contributed by atoms with van der Waals surface area (Å²) in [7, 11) is 1.52. The van der Waals surface area contributed by atoms with E-state index < -0.39 is 73.4 Å². The lowest BCUT2D eigenvalue weighted by molar-refractivity contribution is -0.184. The molecule has 0 aromatic rings. The fourth-order valence-corrected chi connectivity index (χ4v) is 10.1. The largest absolute Gasteiger partial charge is 0.465 e. The van der Waals surface area contributed by atoms with Gasteiger partial charge in [-0.15, -0.1) is 0 Å². The van der Waals surface area contributed by atoms with Crippen LogP contribution in [0.2, 0.25) is 0 Å². The highest BCUT2D eigenvalue weighted by Crippen LogP contribution is 2.46. The number of rotatable bonds is 18. The van der Waals surface area contributed by atoms with Crippen molar-refractivity contribution in [2.75, 3.05) is 20.3 Å². The van der Waals surface area contributed by atoms with Crippen LogP contribution in [0.25, 0.3) is 0 Å². The number of ether oxygens (including phenoxy) is 11. The van der Waals surface area contributed by atoms with Gasteiger partial charge >= 0.3 is 59.7 Å². The Labute approximate surface area is 538 Å². The van der Waals surface area contributed by atoms with Gasteiger partial charge in [0, 0.05) is 20.0 Å². The van der Waals surface area contributed by atoms with Crippen LogP contribution >= 0.6 is 0 Å². The van der Waals surface area contributed by atoms with Crippen molar-refractivity contribution in [1.29, 1.82) is 0 Å². The quantitative estimate of drug-likeness (QED) is 0.0911. The van der Waals surface area contributed by atoms with Gasteiger partial charge < -0.3 is 52.1 Å². The van der Waals surface area contributed by atoms with E-state index in [9.17, 15) is 47.9 Å². The number of carbonyl (C=O) groups excluding carboxylic acids is 10. The Bertz CT molecular complexity index is 2520. The molecule has 0 bridgehead atoms. The number of esters is 10. The molecule has 6 fully saturated rings. The Kier molecular flexibility index (Phi) is 28.5. The zero-order valence-corrected chi connectivity index (χ0v) is 60.5. The molecule has 6 aliphatic rings. The molecular formula is C69H118O21. The van der Waals surface area contributed by atoms with Crippen molar-refractivity contribution in [3.63, 3.8) is 0 Å². The van der Waals surface area contributed by atoms with Crippen molar-refractivity contribution in [3.05, 3.63) is 0 Å². The predicted molar refractivity (Wildman–Crippen MR) is 337 cm³/mol. The molecule has 21 heteroatoms. The minimum Gasteiger partial charge on any atom is -0.465 e. The topological polar surface area (TPSA) is 272 Å². The lowest BCUT2D eigenvalue weighted by atomic mass is 9.77. The van der Waals surface area contributed by atoms with Gasteiger partial charge in [-0.25, -0.2) is 4.79 Å². The van der Waals surface area contributed by atoms with Gasteiger partial charge in [-0.3, -0.25) is 43.2 Å². The van der Waals surface area contributed by atoms with E-state index in [1.807, 2.05) is 111 Å². The van der Waals surface area contributed by atoms with Gasteiger partial charge in [-0.05, 0) is 189 Å². The molecule has 0 aromatic carbocycles. The molecule has 90 heavy (non-hydrogen) atoms. The van der Waals surface area contributed by atoms with Gasteiger partial charge in [0.1, 0.15) is 22.4 Å². The fourth-order valence-electron chi connectivity index (χ4n) is 10.1. The summed E-state index contributed by atoms with van der Waals surface area (Å²) in [6.45, 7) is 51.1. The molecule has 5 unspecified atom stereocenters. The summed E-state index contributed by atoms with van der Waals surface area (Å²) >= 11 is 0. The van der Waals surface area contributed by atoms with Crippen LogP contribution in [0.1, 0.15) is 277 Å². The molecule has 0 spiro atoms. The summed E-state index contributed by atoms with van der Waals surface area (Å²) in [5.74, 6) is -2.65. The molecule has 0 saturated carbocycles. The van der Waals surface area contributed by atoms with Gasteiger partial charge in [0.05, 0.1) is 65.0 Å². The Hall–Kier alpha value is -5.34. The second kappa shape index (κ2) is 31.1. The Balaban J connectivity index is 0.000000545. The third kappa shape index (κ3) is 21.4. The molecule has 520 valence electrons. The second-order valence-electron chi connectivity index (χ2n) is 30.4. The lowest BCUT2D eigenvalue weighted by Gasteiger charge is -2.36. The number of cyclic esters (lactones) is 6. The zero-order chi connectivity index (χ0) is 70.5. The monoisotopic (exact) mass is 1280 g/mol. The minimum atomic E-state index is -1.15. The lowest BCUT2D eigenvalue weighted by Crippen LogP contribution is -2.49. The van der Waals surface area contributed by atoms with E-state index in [0.29, 0.717) is 38.7 Å². The first-order valence-corrected chi connectivity index (χ1v) is 32.4. The van der Waals surface area contributed by atoms with Gasteiger partial charge in [-0.1, -0.05) is 55.4 Å².